The molecular weight excluding hydrogens is 474 g/mol. The lowest BCUT2D eigenvalue weighted by Gasteiger charge is -2.13. The molecule has 0 atom stereocenters. The summed E-state index contributed by atoms with van der Waals surface area (Å²) in [7, 11) is 1.59. The van der Waals surface area contributed by atoms with Crippen molar-refractivity contribution < 1.29 is 29.0 Å². The summed E-state index contributed by atoms with van der Waals surface area (Å²) in [4.78, 5) is 37.3. The first-order chi connectivity index (χ1) is 16.4. The molecule has 1 heterocycles. The van der Waals surface area contributed by atoms with E-state index in [2.05, 4.69) is 0 Å². The Labute approximate surface area is 207 Å². The maximum atomic E-state index is 12.6. The second kappa shape index (κ2) is 12.2. The van der Waals surface area contributed by atoms with E-state index in [0.717, 1.165) is 16.9 Å². The minimum atomic E-state index is -0.854. The minimum Gasteiger partial charge on any atom is -0.497 e. The minimum absolute atomic E-state index is 0.0683. The van der Waals surface area contributed by atoms with E-state index in [9.17, 15) is 14.4 Å². The fourth-order valence-electron chi connectivity index (χ4n) is 3.05. The lowest BCUT2D eigenvalue weighted by molar-refractivity contribution is -0.137. The van der Waals surface area contributed by atoms with E-state index >= 15 is 0 Å². The van der Waals surface area contributed by atoms with Gasteiger partial charge in [-0.05, 0) is 60.4 Å². The second-order valence-electron chi connectivity index (χ2n) is 7.28. The van der Waals surface area contributed by atoms with Crippen LogP contribution in [0.2, 0.25) is 0 Å². The van der Waals surface area contributed by atoms with Crippen molar-refractivity contribution in [2.45, 2.75) is 19.3 Å². The first kappa shape index (κ1) is 25.2. The maximum Gasteiger partial charge on any atom is 0.336 e. The number of benzene rings is 2. The van der Waals surface area contributed by atoms with Crippen molar-refractivity contribution in [1.29, 1.82) is 0 Å². The van der Waals surface area contributed by atoms with Crippen molar-refractivity contribution in [3.8, 4) is 11.5 Å². The highest BCUT2D eigenvalue weighted by atomic mass is 32.2. The van der Waals surface area contributed by atoms with E-state index in [1.165, 1.54) is 22.7 Å². The van der Waals surface area contributed by atoms with E-state index in [1.54, 1.807) is 55.7 Å². The largest absolute Gasteiger partial charge is 0.497 e. The quantitative estimate of drug-likeness (QED) is 0.165. The molecule has 0 saturated carbocycles. The highest BCUT2D eigenvalue weighted by Crippen LogP contribution is 2.33. The van der Waals surface area contributed by atoms with Gasteiger partial charge in [0.05, 0.1) is 12.0 Å². The van der Waals surface area contributed by atoms with Crippen LogP contribution in [0.25, 0.3) is 12.2 Å². The standard InChI is InChI=1S/C25H23NO6S2/c1-31-19-10-5-17(6-11-19)9-14-23(29)32-20-12-7-18(8-13-20)16-21-24(30)26(25(33)34-21)15-3-2-4-22(27)28/h5-14,16H,2-4,15H2,1H3,(H,27,28)/b14-9+,21-16+. The number of aliphatic carboxylic acids is 1. The fraction of sp³-hybridized carbons (Fsp3) is 0.200. The first-order valence-electron chi connectivity index (χ1n) is 10.5. The number of thiocarbonyl (C=S) groups is 1. The van der Waals surface area contributed by atoms with Gasteiger partial charge in [0.15, 0.2) is 0 Å². The van der Waals surface area contributed by atoms with Crippen LogP contribution in [-0.2, 0) is 14.4 Å². The average Bonchev–Trinajstić information content (AvgIpc) is 3.09. The summed E-state index contributed by atoms with van der Waals surface area (Å²) in [5.41, 5.74) is 1.60. The molecule has 1 N–H and O–H groups in total. The molecule has 1 aliphatic rings. The Morgan fingerprint density at radius 1 is 1.03 bits per heavy atom. The molecule has 0 aliphatic carbocycles. The van der Waals surface area contributed by atoms with E-state index in [0.29, 0.717) is 34.4 Å². The van der Waals surface area contributed by atoms with Gasteiger partial charge in [-0.15, -0.1) is 0 Å². The lowest BCUT2D eigenvalue weighted by atomic mass is 10.2. The smallest absolute Gasteiger partial charge is 0.336 e. The Morgan fingerprint density at radius 2 is 1.68 bits per heavy atom. The molecule has 1 amide bonds. The van der Waals surface area contributed by atoms with Gasteiger partial charge < -0.3 is 14.6 Å². The third-order valence-corrected chi connectivity index (χ3v) is 6.20. The maximum absolute atomic E-state index is 12.6. The Kier molecular flexibility index (Phi) is 9.00. The van der Waals surface area contributed by atoms with E-state index < -0.39 is 11.9 Å². The summed E-state index contributed by atoms with van der Waals surface area (Å²) >= 11 is 6.51. The zero-order valence-corrected chi connectivity index (χ0v) is 20.1. The van der Waals surface area contributed by atoms with E-state index in [1.807, 2.05) is 12.1 Å². The van der Waals surface area contributed by atoms with Gasteiger partial charge >= 0.3 is 11.9 Å². The SMILES string of the molecule is COc1ccc(/C=C/C(=O)Oc2ccc(/C=C3/SC(=S)N(CCCCC(=O)O)C3=O)cc2)cc1. The van der Waals surface area contributed by atoms with Crippen molar-refractivity contribution in [3.05, 3.63) is 70.6 Å². The summed E-state index contributed by atoms with van der Waals surface area (Å²) in [5.74, 6) is -0.435. The zero-order valence-electron chi connectivity index (χ0n) is 18.4. The van der Waals surface area contributed by atoms with Crippen LogP contribution in [-0.4, -0.2) is 45.8 Å². The molecular formula is C25H23NO6S2. The molecule has 3 rings (SSSR count). The molecule has 1 saturated heterocycles. The molecule has 34 heavy (non-hydrogen) atoms. The summed E-state index contributed by atoms with van der Waals surface area (Å²) in [6, 6.07) is 14.1. The van der Waals surface area contributed by atoms with Crippen LogP contribution in [0.4, 0.5) is 0 Å². The molecule has 0 radical (unpaired) electrons. The van der Waals surface area contributed by atoms with Crippen LogP contribution in [0.5, 0.6) is 11.5 Å². The predicted octanol–water partition coefficient (Wildman–Crippen LogP) is 4.77. The highest BCUT2D eigenvalue weighted by molar-refractivity contribution is 8.26. The first-order valence-corrected chi connectivity index (χ1v) is 11.7. The van der Waals surface area contributed by atoms with Gasteiger partial charge in [-0.2, -0.15) is 0 Å². The molecule has 2 aromatic rings. The van der Waals surface area contributed by atoms with E-state index in [4.69, 9.17) is 26.8 Å². The van der Waals surface area contributed by atoms with Crippen molar-refractivity contribution in [1.82, 2.24) is 4.90 Å². The number of hydrogen-bond donors (Lipinski definition) is 1. The van der Waals surface area contributed by atoms with Gasteiger partial charge in [0.2, 0.25) is 0 Å². The molecule has 0 spiro atoms. The van der Waals surface area contributed by atoms with Crippen LogP contribution in [0.3, 0.4) is 0 Å². The third-order valence-electron chi connectivity index (χ3n) is 4.82. The van der Waals surface area contributed by atoms with Gasteiger partial charge in [0.25, 0.3) is 5.91 Å². The molecule has 176 valence electrons. The topological polar surface area (TPSA) is 93.1 Å². The lowest BCUT2D eigenvalue weighted by Crippen LogP contribution is -2.29. The molecule has 9 heteroatoms. The Morgan fingerprint density at radius 3 is 2.32 bits per heavy atom. The number of rotatable bonds is 10. The van der Waals surface area contributed by atoms with Crippen LogP contribution in [0.15, 0.2) is 59.5 Å². The third kappa shape index (κ3) is 7.29. The van der Waals surface area contributed by atoms with Crippen LogP contribution >= 0.6 is 24.0 Å². The molecule has 1 aliphatic heterocycles. The number of unbranched alkanes of at least 4 members (excludes halogenated alkanes) is 1. The van der Waals surface area contributed by atoms with Crippen LogP contribution in [0.1, 0.15) is 30.4 Å². The fourth-order valence-corrected chi connectivity index (χ4v) is 4.36. The summed E-state index contributed by atoms with van der Waals surface area (Å²) < 4.78 is 10.9. The second-order valence-corrected chi connectivity index (χ2v) is 8.96. The van der Waals surface area contributed by atoms with Gasteiger partial charge in [-0.1, -0.05) is 48.2 Å². The van der Waals surface area contributed by atoms with Gasteiger partial charge in [-0.25, -0.2) is 4.79 Å². The molecule has 0 unspecified atom stereocenters. The predicted molar refractivity (Wildman–Crippen MR) is 135 cm³/mol. The summed E-state index contributed by atoms with van der Waals surface area (Å²) in [5, 5.41) is 8.72. The van der Waals surface area contributed by atoms with Gasteiger partial charge in [0, 0.05) is 19.0 Å². The number of carbonyl (C=O) groups is 3. The monoisotopic (exact) mass is 497 g/mol. The zero-order chi connectivity index (χ0) is 24.5. The molecule has 0 bridgehead atoms. The van der Waals surface area contributed by atoms with Gasteiger partial charge in [-0.3, -0.25) is 14.5 Å². The number of carboxylic acid groups (broad SMARTS) is 1. The normalized spacial score (nSPS) is 14.7. The van der Waals surface area contributed by atoms with E-state index in [-0.39, 0.29) is 12.3 Å². The van der Waals surface area contributed by atoms with Crippen LogP contribution < -0.4 is 9.47 Å². The number of hydrogen-bond acceptors (Lipinski definition) is 7. The molecule has 1 fully saturated rings. The number of amides is 1. The molecule has 7 nitrogen and oxygen atoms in total. The summed E-state index contributed by atoms with van der Waals surface area (Å²) in [6.45, 7) is 0.397. The number of carboxylic acids is 1. The number of ether oxygens (including phenoxy) is 2. The Balaban J connectivity index is 1.54. The number of thioether (sulfide) groups is 1. The average molecular weight is 498 g/mol. The summed E-state index contributed by atoms with van der Waals surface area (Å²) in [6.07, 6.45) is 5.85. The number of carbonyl (C=O) groups excluding carboxylic acids is 2. The molecule has 2 aromatic carbocycles. The van der Waals surface area contributed by atoms with Crippen LogP contribution in [0, 0.1) is 0 Å². The Bertz CT molecular complexity index is 1120. The number of esters is 1. The van der Waals surface area contributed by atoms with Crippen molar-refractivity contribution in [2.75, 3.05) is 13.7 Å². The van der Waals surface area contributed by atoms with Crippen molar-refractivity contribution >= 4 is 58.3 Å². The Hall–Kier alpha value is -3.43. The van der Waals surface area contributed by atoms with Crippen molar-refractivity contribution in [2.24, 2.45) is 0 Å². The molecule has 0 aromatic heterocycles. The highest BCUT2D eigenvalue weighted by Gasteiger charge is 2.31. The number of nitrogens with zero attached hydrogens (tertiary/aromatic N) is 1. The van der Waals surface area contributed by atoms with Gasteiger partial charge in [0.1, 0.15) is 15.8 Å². The number of methoxy groups -OCH3 is 1. The van der Waals surface area contributed by atoms with Crippen molar-refractivity contribution in [3.63, 3.8) is 0 Å².